The topological polar surface area (TPSA) is 72.6 Å². The molecule has 1 atom stereocenters. The zero-order valence-electron chi connectivity index (χ0n) is 10.9. The minimum absolute atomic E-state index is 0.0691. The molecule has 1 aromatic carbocycles. The highest BCUT2D eigenvalue weighted by molar-refractivity contribution is 5.98. The van der Waals surface area contributed by atoms with E-state index >= 15 is 0 Å². The lowest BCUT2D eigenvalue weighted by atomic mass is 10.2. The lowest BCUT2D eigenvalue weighted by Crippen LogP contribution is -2.43. The number of carbonyl (C=O) groups is 2. The van der Waals surface area contributed by atoms with Crippen LogP contribution in [0.2, 0.25) is 0 Å². The predicted molar refractivity (Wildman–Crippen MR) is 65.4 cm³/mol. The van der Waals surface area contributed by atoms with Gasteiger partial charge in [-0.25, -0.2) is 4.39 Å². The van der Waals surface area contributed by atoms with Gasteiger partial charge >= 0.3 is 6.18 Å². The number of aldehydes is 1. The molecule has 0 fully saturated rings. The van der Waals surface area contributed by atoms with E-state index in [0.29, 0.717) is 5.75 Å². The fourth-order valence-corrected chi connectivity index (χ4v) is 1.55. The Morgan fingerprint density at radius 2 is 2.00 bits per heavy atom. The van der Waals surface area contributed by atoms with Gasteiger partial charge in [0, 0.05) is 7.05 Å². The number of benzene rings is 1. The van der Waals surface area contributed by atoms with E-state index in [0.717, 1.165) is 0 Å². The van der Waals surface area contributed by atoms with Gasteiger partial charge in [0.05, 0.1) is 0 Å². The molecule has 1 heterocycles. The van der Waals surface area contributed by atoms with E-state index in [1.807, 2.05) is 0 Å². The number of ether oxygens (including phenoxy) is 1. The quantitative estimate of drug-likeness (QED) is 0.578. The number of halogens is 4. The van der Waals surface area contributed by atoms with Crippen molar-refractivity contribution < 1.29 is 31.9 Å². The number of anilines is 1. The van der Waals surface area contributed by atoms with Gasteiger partial charge in [-0.1, -0.05) is 6.07 Å². The Bertz CT molecular complexity index is 534. The summed E-state index contributed by atoms with van der Waals surface area (Å²) in [4.78, 5) is 21.5. The number of amides is 1. The third kappa shape index (κ3) is 4.42. The van der Waals surface area contributed by atoms with Crippen molar-refractivity contribution in [2.45, 2.75) is 12.2 Å². The number of hydrogen-bond donors (Lipinski definition) is 1. The van der Waals surface area contributed by atoms with Crippen LogP contribution in [0.4, 0.5) is 23.2 Å². The molecule has 0 unspecified atom stereocenters. The number of nitrogens with zero attached hydrogens (tertiary/aromatic N) is 1. The van der Waals surface area contributed by atoms with E-state index in [4.69, 9.17) is 15.3 Å². The molecule has 1 aromatic rings. The van der Waals surface area contributed by atoms with E-state index in [9.17, 15) is 22.4 Å². The Morgan fingerprint density at radius 3 is 2.52 bits per heavy atom. The molecule has 1 amide bonds. The average molecular weight is 308 g/mol. The van der Waals surface area contributed by atoms with E-state index in [-0.39, 0.29) is 18.2 Å². The Kier molecular flexibility index (Phi) is 5.25. The van der Waals surface area contributed by atoms with Crippen molar-refractivity contribution in [3.05, 3.63) is 24.0 Å². The van der Waals surface area contributed by atoms with E-state index < -0.39 is 24.3 Å². The van der Waals surface area contributed by atoms with Crippen LogP contribution in [-0.2, 0) is 9.59 Å². The molecule has 2 rings (SSSR count). The Balaban J connectivity index is 0.000000315. The smallest absolute Gasteiger partial charge is 0.446 e. The number of nitrogens with two attached hydrogens (primary N) is 1. The number of alkyl halides is 3. The number of carbonyl (C=O) groups excluding carboxylic acids is 2. The molecule has 0 radical (unpaired) electrons. The average Bonchev–Trinajstić information content (AvgIpc) is 2.52. The van der Waals surface area contributed by atoms with Crippen molar-refractivity contribution in [3.63, 3.8) is 0 Å². The zero-order chi connectivity index (χ0) is 16.2. The van der Waals surface area contributed by atoms with E-state index in [2.05, 4.69) is 0 Å². The lowest BCUT2D eigenvalue weighted by molar-refractivity contribution is -0.156. The first-order valence-electron chi connectivity index (χ1n) is 5.65. The Labute approximate surface area is 117 Å². The molecule has 0 bridgehead atoms. The van der Waals surface area contributed by atoms with Crippen LogP contribution in [-0.4, -0.2) is 38.1 Å². The normalized spacial score (nSPS) is 17.9. The summed E-state index contributed by atoms with van der Waals surface area (Å²) in [7, 11) is 1.48. The van der Waals surface area contributed by atoms with Crippen molar-refractivity contribution in [3.8, 4) is 5.75 Å². The van der Waals surface area contributed by atoms with Gasteiger partial charge in [-0.2, -0.15) is 13.2 Å². The van der Waals surface area contributed by atoms with Gasteiger partial charge in [-0.05, 0) is 12.1 Å². The maximum atomic E-state index is 13.5. The molecule has 0 aromatic heterocycles. The van der Waals surface area contributed by atoms with Crippen LogP contribution in [0.3, 0.4) is 0 Å². The van der Waals surface area contributed by atoms with Crippen LogP contribution in [0, 0.1) is 5.82 Å². The maximum Gasteiger partial charge on any atom is 0.446 e. The number of para-hydroxylation sites is 1. The van der Waals surface area contributed by atoms with Gasteiger partial charge in [0.1, 0.15) is 24.1 Å². The minimum atomic E-state index is -4.64. The number of hydrogen-bond acceptors (Lipinski definition) is 4. The number of fused-ring (bicyclic) bond motifs is 1. The first kappa shape index (κ1) is 16.9. The summed E-state index contributed by atoms with van der Waals surface area (Å²) < 4.78 is 50.0. The summed E-state index contributed by atoms with van der Waals surface area (Å²) in [5, 5.41) is 0. The maximum absolute atomic E-state index is 13.5. The Morgan fingerprint density at radius 1 is 1.43 bits per heavy atom. The second kappa shape index (κ2) is 6.53. The van der Waals surface area contributed by atoms with Crippen LogP contribution >= 0.6 is 0 Å². The molecular formula is C12H12F4N2O3. The molecule has 0 saturated carbocycles. The van der Waals surface area contributed by atoms with E-state index in [1.165, 1.54) is 24.1 Å². The van der Waals surface area contributed by atoms with Gasteiger partial charge in [-0.3, -0.25) is 9.59 Å². The van der Waals surface area contributed by atoms with Gasteiger partial charge in [0.25, 0.3) is 0 Å². The molecule has 21 heavy (non-hydrogen) atoms. The van der Waals surface area contributed by atoms with Crippen LogP contribution in [0.15, 0.2) is 18.2 Å². The summed E-state index contributed by atoms with van der Waals surface area (Å²) in [5.41, 5.74) is 5.71. The molecular weight excluding hydrogens is 296 g/mol. The largest absolute Gasteiger partial charge is 0.489 e. The highest BCUT2D eigenvalue weighted by atomic mass is 19.4. The first-order valence-corrected chi connectivity index (χ1v) is 5.65. The molecule has 1 aliphatic rings. The van der Waals surface area contributed by atoms with Crippen LogP contribution in [0.1, 0.15) is 0 Å². The zero-order valence-corrected chi connectivity index (χ0v) is 10.9. The fourth-order valence-electron chi connectivity index (χ4n) is 1.55. The minimum Gasteiger partial charge on any atom is -0.489 e. The monoisotopic (exact) mass is 308 g/mol. The van der Waals surface area contributed by atoms with Crippen LogP contribution < -0.4 is 15.4 Å². The lowest BCUT2D eigenvalue weighted by Gasteiger charge is -2.17. The third-order valence-corrected chi connectivity index (χ3v) is 2.48. The molecule has 0 saturated heterocycles. The number of rotatable bonds is 0. The summed E-state index contributed by atoms with van der Waals surface area (Å²) in [5.74, 6) is -0.491. The van der Waals surface area contributed by atoms with Crippen molar-refractivity contribution >= 4 is 17.9 Å². The number of likely N-dealkylation sites (N-methyl/N-ethyl adjacent to an activating group) is 1. The molecule has 2 N–H and O–H groups in total. The molecule has 0 spiro atoms. The van der Waals surface area contributed by atoms with Gasteiger partial charge < -0.3 is 15.4 Å². The predicted octanol–water partition coefficient (Wildman–Crippen LogP) is 1.26. The van der Waals surface area contributed by atoms with Gasteiger partial charge in [-0.15, -0.1) is 0 Å². The summed E-state index contributed by atoms with van der Waals surface area (Å²) in [6, 6.07) is 3.67. The molecule has 5 nitrogen and oxygen atoms in total. The van der Waals surface area contributed by atoms with Crippen molar-refractivity contribution in [2.75, 3.05) is 18.6 Å². The third-order valence-electron chi connectivity index (χ3n) is 2.48. The van der Waals surface area contributed by atoms with Gasteiger partial charge in [0.2, 0.25) is 12.2 Å². The van der Waals surface area contributed by atoms with Gasteiger partial charge in [0.15, 0.2) is 5.82 Å². The molecule has 116 valence electrons. The van der Waals surface area contributed by atoms with E-state index in [1.54, 1.807) is 6.07 Å². The Hall–Kier alpha value is -2.16. The second-order valence-corrected chi connectivity index (χ2v) is 4.06. The fraction of sp³-hybridized carbons (Fsp3) is 0.333. The molecule has 0 aliphatic carbocycles. The van der Waals surface area contributed by atoms with Crippen LogP contribution in [0.25, 0.3) is 0 Å². The summed E-state index contributed by atoms with van der Waals surface area (Å²) in [6.45, 7) is 0.0691. The first-order chi connectivity index (χ1) is 9.67. The highest BCUT2D eigenvalue weighted by Gasteiger charge is 2.28. The summed E-state index contributed by atoms with van der Waals surface area (Å²) in [6.07, 6.45) is -5.70. The standard InChI is InChI=1S/C10H11FN2O2.C2HF3O/c1-13-9-6(11)3-2-4-8(9)15-5-7(12)10(13)14;3-2(4,5)1-6/h2-4,7H,5,12H2,1H3;1H/t7-;/m0./s1. The molecule has 9 heteroatoms. The highest BCUT2D eigenvalue weighted by Crippen LogP contribution is 2.32. The molecule has 1 aliphatic heterocycles. The van der Waals surface area contributed by atoms with Crippen molar-refractivity contribution in [2.24, 2.45) is 5.73 Å². The van der Waals surface area contributed by atoms with Crippen molar-refractivity contribution in [1.29, 1.82) is 0 Å². The van der Waals surface area contributed by atoms with Crippen molar-refractivity contribution in [1.82, 2.24) is 0 Å². The summed E-state index contributed by atoms with van der Waals surface area (Å²) >= 11 is 0. The second-order valence-electron chi connectivity index (χ2n) is 4.06. The SMILES string of the molecule is CN1C(=O)[C@@H](N)COc2cccc(F)c21.O=CC(F)(F)F. The van der Waals surface area contributed by atoms with Crippen LogP contribution in [0.5, 0.6) is 5.75 Å².